The van der Waals surface area contributed by atoms with Crippen LogP contribution in [0.2, 0.25) is 0 Å². The predicted octanol–water partition coefficient (Wildman–Crippen LogP) is 4.27. The smallest absolute Gasteiger partial charge is 0.417 e. The lowest BCUT2D eigenvalue weighted by Crippen LogP contribution is -2.37. The van der Waals surface area contributed by atoms with Gasteiger partial charge in [0.05, 0.1) is 13.2 Å². The van der Waals surface area contributed by atoms with Crippen LogP contribution in [0.25, 0.3) is 0 Å². The zero-order valence-corrected chi connectivity index (χ0v) is 16.6. The molecule has 1 aliphatic heterocycles. The summed E-state index contributed by atoms with van der Waals surface area (Å²) in [5.41, 5.74) is 0.348. The second-order valence-corrected chi connectivity index (χ2v) is 8.32. The molecule has 6 nitrogen and oxygen atoms in total. The van der Waals surface area contributed by atoms with Crippen molar-refractivity contribution in [2.24, 2.45) is 0 Å². The summed E-state index contributed by atoms with van der Waals surface area (Å²) >= 11 is 0. The normalized spacial score (nSPS) is 20.8. The first-order chi connectivity index (χ1) is 12.8. The Balaban J connectivity index is 1.74. The minimum atomic E-state index is -0.627. The molecule has 1 heterocycles. The van der Waals surface area contributed by atoms with E-state index in [0.29, 0.717) is 18.0 Å². The molecular formula is C21H29NO5. The van der Waals surface area contributed by atoms with Crippen LogP contribution < -0.4 is 9.47 Å². The van der Waals surface area contributed by atoms with Gasteiger partial charge in [-0.2, -0.15) is 0 Å². The standard InChI is InChI=1S/C21H29NO5/c1-21(2,3)27-20(24)22-13-15(12-19(22)23)14-9-10-17(25-4)18(11-14)26-16-7-5-6-8-16/h9-11,15-16H,5-8,12-13H2,1-4H3/t15-/m0/s1. The number of hydrogen-bond acceptors (Lipinski definition) is 5. The van der Waals surface area contributed by atoms with Gasteiger partial charge in [0.1, 0.15) is 5.60 Å². The molecule has 1 atom stereocenters. The predicted molar refractivity (Wildman–Crippen MR) is 101 cm³/mol. The van der Waals surface area contributed by atoms with Crippen molar-refractivity contribution in [3.05, 3.63) is 23.8 Å². The van der Waals surface area contributed by atoms with Gasteiger partial charge in [0.2, 0.25) is 5.91 Å². The lowest BCUT2D eigenvalue weighted by Gasteiger charge is -2.23. The fourth-order valence-corrected chi connectivity index (χ4v) is 3.65. The van der Waals surface area contributed by atoms with Crippen molar-refractivity contribution in [2.45, 2.75) is 70.5 Å². The maximum absolute atomic E-state index is 12.3. The highest BCUT2D eigenvalue weighted by molar-refractivity contribution is 5.94. The Labute approximate surface area is 160 Å². The first-order valence-electron chi connectivity index (χ1n) is 9.65. The maximum Gasteiger partial charge on any atom is 0.417 e. The van der Waals surface area contributed by atoms with Crippen molar-refractivity contribution in [1.29, 1.82) is 0 Å². The van der Waals surface area contributed by atoms with E-state index < -0.39 is 11.7 Å². The highest BCUT2D eigenvalue weighted by Crippen LogP contribution is 2.37. The molecule has 27 heavy (non-hydrogen) atoms. The van der Waals surface area contributed by atoms with E-state index in [0.717, 1.165) is 18.4 Å². The molecule has 3 rings (SSSR count). The van der Waals surface area contributed by atoms with Crippen molar-refractivity contribution < 1.29 is 23.8 Å². The fraction of sp³-hybridized carbons (Fsp3) is 0.619. The Morgan fingerprint density at radius 3 is 2.48 bits per heavy atom. The summed E-state index contributed by atoms with van der Waals surface area (Å²) < 4.78 is 16.9. The maximum atomic E-state index is 12.3. The summed E-state index contributed by atoms with van der Waals surface area (Å²) in [6.07, 6.45) is 4.42. The lowest BCUT2D eigenvalue weighted by molar-refractivity contribution is -0.126. The van der Waals surface area contributed by atoms with Gasteiger partial charge in [-0.05, 0) is 64.2 Å². The molecule has 2 aliphatic rings. The first kappa shape index (κ1) is 19.5. The minimum Gasteiger partial charge on any atom is -0.493 e. The molecule has 148 valence electrons. The van der Waals surface area contributed by atoms with E-state index in [-0.39, 0.29) is 24.3 Å². The van der Waals surface area contributed by atoms with E-state index in [1.807, 2.05) is 18.2 Å². The molecular weight excluding hydrogens is 346 g/mol. The largest absolute Gasteiger partial charge is 0.493 e. The molecule has 0 N–H and O–H groups in total. The summed E-state index contributed by atoms with van der Waals surface area (Å²) in [6, 6.07) is 5.77. The van der Waals surface area contributed by atoms with E-state index in [4.69, 9.17) is 14.2 Å². The zero-order valence-electron chi connectivity index (χ0n) is 16.6. The van der Waals surface area contributed by atoms with E-state index in [1.54, 1.807) is 27.9 Å². The molecule has 2 fully saturated rings. The van der Waals surface area contributed by atoms with Crippen LogP contribution in [0.1, 0.15) is 64.4 Å². The summed E-state index contributed by atoms with van der Waals surface area (Å²) in [5.74, 6) is 1.13. The zero-order chi connectivity index (χ0) is 19.6. The highest BCUT2D eigenvalue weighted by Gasteiger charge is 2.37. The Bertz CT molecular complexity index is 703. The van der Waals surface area contributed by atoms with Crippen LogP contribution in [0, 0.1) is 0 Å². The van der Waals surface area contributed by atoms with Gasteiger partial charge in [-0.15, -0.1) is 0 Å². The van der Waals surface area contributed by atoms with E-state index >= 15 is 0 Å². The topological polar surface area (TPSA) is 65.1 Å². The molecule has 1 aromatic carbocycles. The number of nitrogens with zero attached hydrogens (tertiary/aromatic N) is 1. The van der Waals surface area contributed by atoms with E-state index in [1.165, 1.54) is 17.7 Å². The lowest BCUT2D eigenvalue weighted by atomic mass is 9.98. The average molecular weight is 375 g/mol. The number of ether oxygens (including phenoxy) is 3. The van der Waals surface area contributed by atoms with Gasteiger partial charge in [-0.3, -0.25) is 4.79 Å². The van der Waals surface area contributed by atoms with Gasteiger partial charge in [-0.25, -0.2) is 9.69 Å². The minimum absolute atomic E-state index is 0.0677. The van der Waals surface area contributed by atoms with Crippen molar-refractivity contribution in [3.8, 4) is 11.5 Å². The summed E-state index contributed by atoms with van der Waals surface area (Å²) in [7, 11) is 1.62. The number of methoxy groups -OCH3 is 1. The highest BCUT2D eigenvalue weighted by atomic mass is 16.6. The van der Waals surface area contributed by atoms with Gasteiger partial charge >= 0.3 is 6.09 Å². The number of carbonyl (C=O) groups excluding carboxylic acids is 2. The van der Waals surface area contributed by atoms with Crippen LogP contribution in [-0.4, -0.2) is 42.3 Å². The second-order valence-electron chi connectivity index (χ2n) is 8.32. The third-order valence-electron chi connectivity index (χ3n) is 4.99. The molecule has 1 saturated carbocycles. The van der Waals surface area contributed by atoms with Crippen LogP contribution >= 0.6 is 0 Å². The molecule has 0 aromatic heterocycles. The Hall–Kier alpha value is -2.24. The monoisotopic (exact) mass is 375 g/mol. The molecule has 0 unspecified atom stereocenters. The van der Waals surface area contributed by atoms with E-state index in [2.05, 4.69) is 0 Å². The number of amides is 2. The first-order valence-corrected chi connectivity index (χ1v) is 9.65. The Morgan fingerprint density at radius 1 is 1.15 bits per heavy atom. The van der Waals surface area contributed by atoms with Crippen molar-refractivity contribution in [1.82, 2.24) is 4.90 Å². The van der Waals surface area contributed by atoms with Crippen molar-refractivity contribution >= 4 is 12.0 Å². The molecule has 1 saturated heterocycles. The van der Waals surface area contributed by atoms with Gasteiger partial charge in [-0.1, -0.05) is 6.07 Å². The van der Waals surface area contributed by atoms with Gasteiger partial charge < -0.3 is 14.2 Å². The number of rotatable bonds is 4. The molecule has 0 bridgehead atoms. The molecule has 2 amide bonds. The fourth-order valence-electron chi connectivity index (χ4n) is 3.65. The third kappa shape index (κ3) is 4.73. The van der Waals surface area contributed by atoms with Gasteiger partial charge in [0, 0.05) is 18.9 Å². The Kier molecular flexibility index (Phi) is 5.63. The SMILES string of the molecule is COc1ccc([C@H]2CC(=O)N(C(=O)OC(C)(C)C)C2)cc1OC1CCCC1. The number of benzene rings is 1. The van der Waals surface area contributed by atoms with E-state index in [9.17, 15) is 9.59 Å². The summed E-state index contributed by atoms with van der Waals surface area (Å²) in [5, 5.41) is 0. The molecule has 1 aromatic rings. The van der Waals surface area contributed by atoms with Crippen molar-refractivity contribution in [3.63, 3.8) is 0 Å². The van der Waals surface area contributed by atoms with Crippen LogP contribution in [0.5, 0.6) is 11.5 Å². The Morgan fingerprint density at radius 2 is 1.85 bits per heavy atom. The second kappa shape index (κ2) is 7.79. The number of imide groups is 1. The number of carbonyl (C=O) groups is 2. The third-order valence-corrected chi connectivity index (χ3v) is 4.99. The molecule has 1 aliphatic carbocycles. The van der Waals surface area contributed by atoms with Crippen LogP contribution in [-0.2, 0) is 9.53 Å². The summed E-state index contributed by atoms with van der Waals surface area (Å²) in [6.45, 7) is 5.69. The quantitative estimate of drug-likeness (QED) is 0.786. The van der Waals surface area contributed by atoms with Gasteiger partial charge in [0.15, 0.2) is 11.5 Å². The van der Waals surface area contributed by atoms with Gasteiger partial charge in [0.25, 0.3) is 0 Å². The number of hydrogen-bond donors (Lipinski definition) is 0. The summed E-state index contributed by atoms with van der Waals surface area (Å²) in [4.78, 5) is 25.8. The van der Waals surface area contributed by atoms with Crippen molar-refractivity contribution in [2.75, 3.05) is 13.7 Å². The average Bonchev–Trinajstić information content (AvgIpc) is 3.23. The number of likely N-dealkylation sites (tertiary alicyclic amines) is 1. The van der Waals surface area contributed by atoms with Crippen LogP contribution in [0.3, 0.4) is 0 Å². The van der Waals surface area contributed by atoms with Crippen LogP contribution in [0.15, 0.2) is 18.2 Å². The molecule has 6 heteroatoms. The van der Waals surface area contributed by atoms with Crippen LogP contribution in [0.4, 0.5) is 4.79 Å². The molecule has 0 radical (unpaired) electrons. The molecule has 0 spiro atoms.